The summed E-state index contributed by atoms with van der Waals surface area (Å²) in [5, 5.41) is 2.53. The van der Waals surface area contributed by atoms with Gasteiger partial charge in [-0.25, -0.2) is 8.42 Å². The predicted molar refractivity (Wildman–Crippen MR) is 76.8 cm³/mol. The smallest absolute Gasteiger partial charge is 0.353 e. The second kappa shape index (κ2) is 7.13. The second-order valence-corrected chi connectivity index (χ2v) is 7.17. The van der Waals surface area contributed by atoms with Gasteiger partial charge in [-0.1, -0.05) is 19.1 Å². The van der Waals surface area contributed by atoms with Crippen molar-refractivity contribution >= 4 is 15.7 Å². The lowest BCUT2D eigenvalue weighted by Crippen LogP contribution is -2.36. The van der Waals surface area contributed by atoms with Crippen molar-refractivity contribution in [2.75, 3.05) is 5.75 Å². The summed E-state index contributed by atoms with van der Waals surface area (Å²) in [6, 6.07) is 3.72. The molecule has 0 saturated carbocycles. The Kier molecular flexibility index (Phi) is 5.99. The summed E-state index contributed by atoms with van der Waals surface area (Å²) in [5.41, 5.74) is -0.632. The highest BCUT2D eigenvalue weighted by molar-refractivity contribution is 7.91. The van der Waals surface area contributed by atoms with Gasteiger partial charge in [0.05, 0.1) is 11.3 Å². The molecule has 1 aromatic rings. The van der Waals surface area contributed by atoms with Crippen LogP contribution in [-0.4, -0.2) is 26.1 Å². The second-order valence-electron chi connectivity index (χ2n) is 5.10. The van der Waals surface area contributed by atoms with Crippen molar-refractivity contribution < 1.29 is 26.4 Å². The summed E-state index contributed by atoms with van der Waals surface area (Å²) >= 11 is 0. The van der Waals surface area contributed by atoms with Crippen molar-refractivity contribution in [3.8, 4) is 0 Å². The first-order chi connectivity index (χ1) is 10.0. The van der Waals surface area contributed by atoms with Gasteiger partial charge in [-0.15, -0.1) is 0 Å². The van der Waals surface area contributed by atoms with Crippen LogP contribution in [0.25, 0.3) is 0 Å². The molecule has 4 nitrogen and oxygen atoms in total. The zero-order chi connectivity index (χ0) is 17.0. The van der Waals surface area contributed by atoms with Crippen LogP contribution in [-0.2, 0) is 26.6 Å². The van der Waals surface area contributed by atoms with E-state index in [0.29, 0.717) is 6.42 Å². The van der Waals surface area contributed by atoms with Crippen molar-refractivity contribution in [3.05, 3.63) is 35.4 Å². The number of benzene rings is 1. The number of halogens is 3. The molecule has 0 aliphatic heterocycles. The molecular weight excluding hydrogens is 319 g/mol. The number of carbonyl (C=O) groups is 1. The van der Waals surface area contributed by atoms with E-state index in [9.17, 15) is 26.4 Å². The van der Waals surface area contributed by atoms with Gasteiger partial charge < -0.3 is 5.32 Å². The number of carbonyl (C=O) groups excluding carboxylic acids is 1. The number of nitrogens with one attached hydrogen (secondary N) is 1. The number of rotatable bonds is 6. The van der Waals surface area contributed by atoms with E-state index in [2.05, 4.69) is 5.32 Å². The van der Waals surface area contributed by atoms with E-state index in [1.54, 1.807) is 6.92 Å². The minimum absolute atomic E-state index is 0.131. The van der Waals surface area contributed by atoms with Crippen LogP contribution in [0.5, 0.6) is 0 Å². The van der Waals surface area contributed by atoms with Gasteiger partial charge in [-0.2, -0.15) is 13.2 Å². The lowest BCUT2D eigenvalue weighted by atomic mass is 10.1. The van der Waals surface area contributed by atoms with Crippen LogP contribution in [0.4, 0.5) is 13.2 Å². The standard InChI is InChI=1S/C14H18F3NO3S/c1-3-10(2)18-13(19)9-22(20,21)8-11-4-6-12(7-5-11)14(15,16)17/h4-7,10H,3,8-9H2,1-2H3,(H,18,19)/t10-/m1/s1. The first kappa shape index (κ1) is 18.5. The van der Waals surface area contributed by atoms with Gasteiger partial charge in [0.2, 0.25) is 5.91 Å². The average Bonchev–Trinajstić information content (AvgIpc) is 2.36. The van der Waals surface area contributed by atoms with E-state index in [4.69, 9.17) is 0 Å². The molecule has 124 valence electrons. The maximum absolute atomic E-state index is 12.4. The maximum atomic E-state index is 12.4. The zero-order valence-electron chi connectivity index (χ0n) is 12.3. The highest BCUT2D eigenvalue weighted by atomic mass is 32.2. The van der Waals surface area contributed by atoms with E-state index in [0.717, 1.165) is 24.3 Å². The summed E-state index contributed by atoms with van der Waals surface area (Å²) in [4.78, 5) is 11.6. The number of sulfone groups is 1. The summed E-state index contributed by atoms with van der Waals surface area (Å²) in [5.74, 6) is -1.77. The molecule has 0 bridgehead atoms. The third kappa shape index (κ3) is 6.05. The Hall–Kier alpha value is -1.57. The molecule has 0 unspecified atom stereocenters. The maximum Gasteiger partial charge on any atom is 0.416 e. The number of hydrogen-bond acceptors (Lipinski definition) is 3. The quantitative estimate of drug-likeness (QED) is 0.868. The van der Waals surface area contributed by atoms with Crippen LogP contribution in [0.1, 0.15) is 31.4 Å². The summed E-state index contributed by atoms with van der Waals surface area (Å²) < 4.78 is 61.0. The molecule has 0 aliphatic carbocycles. The van der Waals surface area contributed by atoms with Crippen molar-refractivity contribution in [2.24, 2.45) is 0 Å². The molecule has 8 heteroatoms. The van der Waals surface area contributed by atoms with E-state index in [1.807, 2.05) is 6.92 Å². The van der Waals surface area contributed by atoms with Gasteiger partial charge >= 0.3 is 6.18 Å². The number of amides is 1. The first-order valence-electron chi connectivity index (χ1n) is 6.69. The highest BCUT2D eigenvalue weighted by Gasteiger charge is 2.30. The van der Waals surface area contributed by atoms with Crippen LogP contribution < -0.4 is 5.32 Å². The fraction of sp³-hybridized carbons (Fsp3) is 0.500. The minimum Gasteiger partial charge on any atom is -0.353 e. The SMILES string of the molecule is CC[C@@H](C)NC(=O)CS(=O)(=O)Cc1ccc(C(F)(F)F)cc1. The highest BCUT2D eigenvalue weighted by Crippen LogP contribution is 2.29. The summed E-state index contributed by atoms with van der Waals surface area (Å²) in [6.45, 7) is 3.60. The number of hydrogen-bond donors (Lipinski definition) is 1. The molecule has 0 spiro atoms. The normalized spacial score (nSPS) is 13.7. The van der Waals surface area contributed by atoms with Gasteiger partial charge in [-0.3, -0.25) is 4.79 Å². The third-order valence-corrected chi connectivity index (χ3v) is 4.51. The van der Waals surface area contributed by atoms with Gasteiger partial charge in [0, 0.05) is 6.04 Å². The third-order valence-electron chi connectivity index (χ3n) is 3.04. The summed E-state index contributed by atoms with van der Waals surface area (Å²) in [6.07, 6.45) is -3.79. The summed E-state index contributed by atoms with van der Waals surface area (Å²) in [7, 11) is -3.73. The molecular formula is C14H18F3NO3S. The van der Waals surface area contributed by atoms with E-state index in [-0.39, 0.29) is 11.6 Å². The van der Waals surface area contributed by atoms with Crippen LogP contribution in [0.3, 0.4) is 0 Å². The van der Waals surface area contributed by atoms with E-state index in [1.165, 1.54) is 0 Å². The molecule has 1 amide bonds. The van der Waals surface area contributed by atoms with Gasteiger partial charge in [-0.05, 0) is 31.0 Å². The Morgan fingerprint density at radius 2 is 1.77 bits per heavy atom. The van der Waals surface area contributed by atoms with Crippen molar-refractivity contribution in [1.29, 1.82) is 0 Å². The fourth-order valence-corrected chi connectivity index (χ4v) is 3.00. The molecule has 1 atom stereocenters. The molecule has 1 aromatic carbocycles. The fourth-order valence-electron chi connectivity index (χ4n) is 1.71. The van der Waals surface area contributed by atoms with Crippen molar-refractivity contribution in [1.82, 2.24) is 5.32 Å². The molecule has 0 fully saturated rings. The lowest BCUT2D eigenvalue weighted by molar-refractivity contribution is -0.137. The average molecular weight is 337 g/mol. The topological polar surface area (TPSA) is 63.2 Å². The Balaban J connectivity index is 2.70. The van der Waals surface area contributed by atoms with Gasteiger partial charge in [0.15, 0.2) is 9.84 Å². The molecule has 0 radical (unpaired) electrons. The monoisotopic (exact) mass is 337 g/mol. The van der Waals surface area contributed by atoms with Crippen LogP contribution in [0.2, 0.25) is 0 Å². The van der Waals surface area contributed by atoms with Crippen molar-refractivity contribution in [2.45, 2.75) is 38.2 Å². The van der Waals surface area contributed by atoms with Crippen LogP contribution >= 0.6 is 0 Å². The van der Waals surface area contributed by atoms with E-state index < -0.39 is 39.0 Å². The lowest BCUT2D eigenvalue weighted by Gasteiger charge is -2.12. The first-order valence-corrected chi connectivity index (χ1v) is 8.51. The Bertz CT molecular complexity index is 609. The molecule has 0 aromatic heterocycles. The van der Waals surface area contributed by atoms with Crippen molar-refractivity contribution in [3.63, 3.8) is 0 Å². The largest absolute Gasteiger partial charge is 0.416 e. The van der Waals surface area contributed by atoms with E-state index >= 15 is 0 Å². The van der Waals surface area contributed by atoms with Crippen LogP contribution in [0.15, 0.2) is 24.3 Å². The Morgan fingerprint density at radius 1 is 1.23 bits per heavy atom. The molecule has 22 heavy (non-hydrogen) atoms. The Labute approximate surface area is 127 Å². The Morgan fingerprint density at radius 3 is 2.23 bits per heavy atom. The van der Waals surface area contributed by atoms with Gasteiger partial charge in [0.25, 0.3) is 0 Å². The molecule has 1 rings (SSSR count). The minimum atomic E-state index is -4.46. The van der Waals surface area contributed by atoms with Gasteiger partial charge in [0.1, 0.15) is 5.75 Å². The van der Waals surface area contributed by atoms with Crippen LogP contribution in [0, 0.1) is 0 Å². The molecule has 0 saturated heterocycles. The molecule has 0 heterocycles. The molecule has 0 aliphatic rings. The molecule has 1 N–H and O–H groups in total. The predicted octanol–water partition coefficient (Wildman–Crippen LogP) is 2.53. The number of alkyl halides is 3. The zero-order valence-corrected chi connectivity index (χ0v) is 13.1.